The minimum absolute atomic E-state index is 0.00611. The van der Waals surface area contributed by atoms with Gasteiger partial charge in [-0.25, -0.2) is 4.79 Å². The summed E-state index contributed by atoms with van der Waals surface area (Å²) in [6.07, 6.45) is 0. The fourth-order valence-electron chi connectivity index (χ4n) is 1.70. The van der Waals surface area contributed by atoms with Crippen LogP contribution in [0.2, 0.25) is 5.02 Å². The highest BCUT2D eigenvalue weighted by Crippen LogP contribution is 2.25. The third-order valence-corrected chi connectivity index (χ3v) is 3.08. The van der Waals surface area contributed by atoms with Crippen LogP contribution in [-0.2, 0) is 6.54 Å². The number of carboxylic acid groups (broad SMARTS) is 1. The molecule has 0 aromatic heterocycles. The van der Waals surface area contributed by atoms with Gasteiger partial charge in [0.25, 0.3) is 0 Å². The first-order valence-electron chi connectivity index (χ1n) is 5.75. The van der Waals surface area contributed by atoms with Crippen molar-refractivity contribution in [2.45, 2.75) is 6.54 Å². The first-order valence-corrected chi connectivity index (χ1v) is 6.13. The van der Waals surface area contributed by atoms with Gasteiger partial charge in [0.05, 0.1) is 10.6 Å². The minimum atomic E-state index is -1.11. The van der Waals surface area contributed by atoms with Crippen LogP contribution < -0.4 is 5.32 Å². The molecule has 0 aliphatic carbocycles. The van der Waals surface area contributed by atoms with Crippen molar-refractivity contribution in [1.82, 2.24) is 0 Å². The molecule has 2 rings (SSSR count). The molecule has 0 saturated carbocycles. The quantitative estimate of drug-likeness (QED) is 0.695. The molecule has 20 heavy (non-hydrogen) atoms. The van der Waals surface area contributed by atoms with Crippen molar-refractivity contribution in [2.75, 3.05) is 5.32 Å². The van der Waals surface area contributed by atoms with Gasteiger partial charge in [0.2, 0.25) is 0 Å². The van der Waals surface area contributed by atoms with Crippen LogP contribution in [0.3, 0.4) is 0 Å². The minimum Gasteiger partial charge on any atom is -0.508 e. The van der Waals surface area contributed by atoms with Crippen molar-refractivity contribution in [1.29, 1.82) is 0 Å². The van der Waals surface area contributed by atoms with E-state index in [-0.39, 0.29) is 28.6 Å². The molecule has 4 N–H and O–H groups in total. The van der Waals surface area contributed by atoms with Crippen molar-refractivity contribution in [2.24, 2.45) is 0 Å². The summed E-state index contributed by atoms with van der Waals surface area (Å²) in [6.45, 7) is 0.285. The molecule has 0 aliphatic rings. The standard InChI is InChI=1S/C14H12ClNO4/c15-12-4-2-9(5-11(12)14(19)20)16-7-8-1-3-10(17)6-13(8)18/h1-6,16-18H,7H2,(H,19,20). The Kier molecular flexibility index (Phi) is 4.00. The molecule has 0 heterocycles. The monoisotopic (exact) mass is 293 g/mol. The van der Waals surface area contributed by atoms with E-state index in [4.69, 9.17) is 16.7 Å². The Labute approximate surface area is 120 Å². The van der Waals surface area contributed by atoms with Gasteiger partial charge >= 0.3 is 5.97 Å². The number of carbonyl (C=O) groups is 1. The lowest BCUT2D eigenvalue weighted by atomic mass is 10.1. The van der Waals surface area contributed by atoms with Gasteiger partial charge in [-0.1, -0.05) is 11.6 Å². The number of aromatic hydroxyl groups is 2. The number of phenolic OH excluding ortho intramolecular Hbond substituents is 2. The lowest BCUT2D eigenvalue weighted by Gasteiger charge is -2.09. The van der Waals surface area contributed by atoms with Crippen molar-refractivity contribution in [3.63, 3.8) is 0 Å². The summed E-state index contributed by atoms with van der Waals surface area (Å²) in [6, 6.07) is 8.83. The Morgan fingerprint density at radius 1 is 1.15 bits per heavy atom. The molecule has 0 radical (unpaired) electrons. The summed E-state index contributed by atoms with van der Waals surface area (Å²) in [7, 11) is 0. The molecule has 0 saturated heterocycles. The average molecular weight is 294 g/mol. The molecule has 0 aliphatic heterocycles. The summed E-state index contributed by atoms with van der Waals surface area (Å²) < 4.78 is 0. The van der Waals surface area contributed by atoms with E-state index in [2.05, 4.69) is 5.32 Å². The molecule has 0 atom stereocenters. The highest BCUT2D eigenvalue weighted by atomic mass is 35.5. The van der Waals surface area contributed by atoms with Gasteiger partial charge in [0, 0.05) is 23.9 Å². The maximum atomic E-state index is 11.0. The van der Waals surface area contributed by atoms with E-state index in [1.165, 1.54) is 24.3 Å². The summed E-state index contributed by atoms with van der Waals surface area (Å²) in [4.78, 5) is 11.0. The van der Waals surface area contributed by atoms with Crippen LogP contribution in [0, 0.1) is 0 Å². The van der Waals surface area contributed by atoms with Gasteiger partial charge in [-0.15, -0.1) is 0 Å². The Morgan fingerprint density at radius 3 is 2.55 bits per heavy atom. The number of anilines is 1. The van der Waals surface area contributed by atoms with Gasteiger partial charge in [-0.2, -0.15) is 0 Å². The predicted octanol–water partition coefficient (Wildman–Crippen LogP) is 3.06. The van der Waals surface area contributed by atoms with Gasteiger partial charge in [-0.05, 0) is 30.3 Å². The number of nitrogens with one attached hydrogen (secondary N) is 1. The van der Waals surface area contributed by atoms with Gasteiger partial charge in [-0.3, -0.25) is 0 Å². The number of benzene rings is 2. The van der Waals surface area contributed by atoms with Crippen LogP contribution in [-0.4, -0.2) is 21.3 Å². The average Bonchev–Trinajstić information content (AvgIpc) is 2.39. The molecule has 2 aromatic carbocycles. The van der Waals surface area contributed by atoms with Crippen LogP contribution in [0.5, 0.6) is 11.5 Å². The Hall–Kier alpha value is -2.40. The molecule has 0 spiro atoms. The van der Waals surface area contributed by atoms with E-state index >= 15 is 0 Å². The van der Waals surface area contributed by atoms with Crippen LogP contribution in [0.25, 0.3) is 0 Å². The Morgan fingerprint density at radius 2 is 1.90 bits per heavy atom. The SMILES string of the molecule is O=C(O)c1cc(NCc2ccc(O)cc2O)ccc1Cl. The highest BCUT2D eigenvalue weighted by molar-refractivity contribution is 6.33. The molecule has 5 nitrogen and oxygen atoms in total. The van der Waals surface area contributed by atoms with Gasteiger partial charge in [0.15, 0.2) is 0 Å². The van der Waals surface area contributed by atoms with Crippen LogP contribution >= 0.6 is 11.6 Å². The number of hydrogen-bond acceptors (Lipinski definition) is 4. The summed E-state index contributed by atoms with van der Waals surface area (Å²) in [5.41, 5.74) is 1.15. The topological polar surface area (TPSA) is 89.8 Å². The van der Waals surface area contributed by atoms with E-state index in [0.29, 0.717) is 11.3 Å². The summed E-state index contributed by atoms with van der Waals surface area (Å²) in [5.74, 6) is -1.16. The molecule has 104 valence electrons. The van der Waals surface area contributed by atoms with E-state index < -0.39 is 5.97 Å². The zero-order chi connectivity index (χ0) is 14.7. The number of rotatable bonds is 4. The normalized spacial score (nSPS) is 10.2. The van der Waals surface area contributed by atoms with Crippen molar-refractivity contribution >= 4 is 23.3 Å². The zero-order valence-electron chi connectivity index (χ0n) is 10.3. The summed E-state index contributed by atoms with van der Waals surface area (Å²) >= 11 is 5.77. The maximum absolute atomic E-state index is 11.0. The number of phenols is 2. The Bertz CT molecular complexity index is 658. The molecular weight excluding hydrogens is 282 g/mol. The van der Waals surface area contributed by atoms with Crippen LogP contribution in [0.4, 0.5) is 5.69 Å². The van der Waals surface area contributed by atoms with Gasteiger partial charge < -0.3 is 20.6 Å². The van der Waals surface area contributed by atoms with Crippen molar-refractivity contribution in [3.8, 4) is 11.5 Å². The first kappa shape index (κ1) is 14.0. The van der Waals surface area contributed by atoms with Crippen LogP contribution in [0.15, 0.2) is 36.4 Å². The fraction of sp³-hybridized carbons (Fsp3) is 0.0714. The molecule has 2 aromatic rings. The zero-order valence-corrected chi connectivity index (χ0v) is 11.1. The van der Waals surface area contributed by atoms with E-state index in [9.17, 15) is 15.0 Å². The molecule has 0 unspecified atom stereocenters. The number of aromatic carboxylic acids is 1. The Balaban J connectivity index is 2.15. The van der Waals surface area contributed by atoms with Crippen molar-refractivity contribution in [3.05, 3.63) is 52.5 Å². The molecule has 0 fully saturated rings. The van der Waals surface area contributed by atoms with E-state index in [0.717, 1.165) is 0 Å². The maximum Gasteiger partial charge on any atom is 0.337 e. The molecular formula is C14H12ClNO4. The van der Waals surface area contributed by atoms with Crippen molar-refractivity contribution < 1.29 is 20.1 Å². The third-order valence-electron chi connectivity index (χ3n) is 2.75. The fourth-order valence-corrected chi connectivity index (χ4v) is 1.90. The first-order chi connectivity index (χ1) is 9.47. The highest BCUT2D eigenvalue weighted by Gasteiger charge is 2.09. The molecule has 6 heteroatoms. The molecule has 0 amide bonds. The second-order valence-corrected chi connectivity index (χ2v) is 4.57. The lowest BCUT2D eigenvalue weighted by Crippen LogP contribution is -2.03. The third kappa shape index (κ3) is 3.13. The smallest absolute Gasteiger partial charge is 0.337 e. The number of hydrogen-bond donors (Lipinski definition) is 4. The summed E-state index contributed by atoms with van der Waals surface area (Å²) in [5, 5.41) is 30.9. The second kappa shape index (κ2) is 5.71. The second-order valence-electron chi connectivity index (χ2n) is 4.17. The van der Waals surface area contributed by atoms with Gasteiger partial charge in [0.1, 0.15) is 11.5 Å². The van der Waals surface area contributed by atoms with Crippen LogP contribution in [0.1, 0.15) is 15.9 Å². The number of halogens is 1. The number of carboxylic acids is 1. The largest absolute Gasteiger partial charge is 0.508 e. The molecule has 0 bridgehead atoms. The van der Waals surface area contributed by atoms with E-state index in [1.54, 1.807) is 12.1 Å². The lowest BCUT2D eigenvalue weighted by molar-refractivity contribution is 0.0697. The van der Waals surface area contributed by atoms with E-state index in [1.807, 2.05) is 0 Å². The predicted molar refractivity (Wildman–Crippen MR) is 75.5 cm³/mol.